The number of hydrogen-bond donors (Lipinski definition) is 1. The van der Waals surface area contributed by atoms with Gasteiger partial charge >= 0.3 is 0 Å². The minimum atomic E-state index is -1.03. The summed E-state index contributed by atoms with van der Waals surface area (Å²) in [5.41, 5.74) is 9.44. The monoisotopic (exact) mass is 427 g/mol. The zero-order chi connectivity index (χ0) is 21.7. The summed E-state index contributed by atoms with van der Waals surface area (Å²) in [7, 11) is 0. The Bertz CT molecular complexity index is 1050. The molecule has 0 aromatic heterocycles. The fourth-order valence-electron chi connectivity index (χ4n) is 4.29. The first-order valence-corrected chi connectivity index (χ1v) is 9.99. The number of rotatable bonds is 4. The molecular weight excluding hydrogens is 406 g/mol. The number of amides is 3. The molecule has 2 N–H and O–H groups in total. The fraction of sp³-hybridized carbons (Fsp3) is 0.318. The van der Waals surface area contributed by atoms with Crippen LogP contribution in [0.3, 0.4) is 0 Å². The number of primary amides is 1. The summed E-state index contributed by atoms with van der Waals surface area (Å²) in [5, 5.41) is 1.83. The van der Waals surface area contributed by atoms with Gasteiger partial charge in [-0.2, -0.15) is 5.06 Å². The molecule has 2 fully saturated rings. The summed E-state index contributed by atoms with van der Waals surface area (Å²) in [4.78, 5) is 45.1. The number of fused-ring (bicyclic) bond motifs is 1. The number of nitrogens with zero attached hydrogens (tertiary/aromatic N) is 2. The highest BCUT2D eigenvalue weighted by Crippen LogP contribution is 2.46. The molecule has 0 bridgehead atoms. The molecule has 0 aliphatic carbocycles. The van der Waals surface area contributed by atoms with E-state index in [-0.39, 0.29) is 12.5 Å². The van der Waals surface area contributed by atoms with E-state index in [1.807, 2.05) is 39.0 Å². The molecule has 2 aromatic carbocycles. The van der Waals surface area contributed by atoms with Gasteiger partial charge in [0.15, 0.2) is 6.10 Å². The summed E-state index contributed by atoms with van der Waals surface area (Å²) in [6.07, 6.45) is -1.03. The van der Waals surface area contributed by atoms with E-state index in [1.54, 1.807) is 18.2 Å². The molecule has 2 aliphatic heterocycles. The van der Waals surface area contributed by atoms with E-state index in [1.165, 1.54) is 5.06 Å². The molecule has 2 aliphatic rings. The normalized spacial score (nSPS) is 23.9. The van der Waals surface area contributed by atoms with Crippen molar-refractivity contribution in [1.82, 2.24) is 5.06 Å². The van der Waals surface area contributed by atoms with Gasteiger partial charge in [-0.3, -0.25) is 19.2 Å². The number of nitrogens with two attached hydrogens (primary N) is 1. The van der Waals surface area contributed by atoms with Gasteiger partial charge in [-0.1, -0.05) is 47.0 Å². The van der Waals surface area contributed by atoms with Crippen LogP contribution >= 0.6 is 11.6 Å². The van der Waals surface area contributed by atoms with Gasteiger partial charge in [-0.25, -0.2) is 4.90 Å². The average molecular weight is 428 g/mol. The van der Waals surface area contributed by atoms with E-state index in [2.05, 4.69) is 0 Å². The number of carbonyl (C=O) groups is 3. The summed E-state index contributed by atoms with van der Waals surface area (Å²) in [6.45, 7) is 5.52. The highest BCUT2D eigenvalue weighted by molar-refractivity contribution is 6.32. The Morgan fingerprint density at radius 3 is 2.33 bits per heavy atom. The van der Waals surface area contributed by atoms with Crippen LogP contribution in [0.25, 0.3) is 0 Å². The minimum Gasteiger partial charge on any atom is -0.368 e. The van der Waals surface area contributed by atoms with Gasteiger partial charge in [-0.15, -0.1) is 0 Å². The van der Waals surface area contributed by atoms with Crippen LogP contribution in [0.15, 0.2) is 36.4 Å². The smallest absolute Gasteiger partial charge is 0.265 e. The maximum absolute atomic E-state index is 13.4. The second-order valence-corrected chi connectivity index (χ2v) is 8.31. The molecule has 30 heavy (non-hydrogen) atoms. The number of halogens is 1. The number of hydroxylamine groups is 2. The number of benzene rings is 2. The molecule has 0 spiro atoms. The van der Waals surface area contributed by atoms with Crippen LogP contribution in [0.1, 0.15) is 28.3 Å². The summed E-state index contributed by atoms with van der Waals surface area (Å²) < 4.78 is 0. The Labute approximate surface area is 179 Å². The van der Waals surface area contributed by atoms with Gasteiger partial charge in [0, 0.05) is 5.02 Å². The van der Waals surface area contributed by atoms with E-state index < -0.39 is 29.9 Å². The van der Waals surface area contributed by atoms with Crippen molar-refractivity contribution in [3.8, 4) is 0 Å². The first-order valence-electron chi connectivity index (χ1n) is 9.61. The molecule has 3 amide bonds. The van der Waals surface area contributed by atoms with Gasteiger partial charge < -0.3 is 5.73 Å². The summed E-state index contributed by atoms with van der Waals surface area (Å²) in [6, 6.07) is 10.3. The van der Waals surface area contributed by atoms with Crippen molar-refractivity contribution in [3.63, 3.8) is 0 Å². The average Bonchev–Trinajstić information content (AvgIpc) is 3.12. The quantitative estimate of drug-likeness (QED) is 0.757. The van der Waals surface area contributed by atoms with Gasteiger partial charge in [0.1, 0.15) is 6.54 Å². The summed E-state index contributed by atoms with van der Waals surface area (Å²) >= 11 is 6.21. The molecule has 3 atom stereocenters. The van der Waals surface area contributed by atoms with Crippen molar-refractivity contribution in [1.29, 1.82) is 0 Å². The Hall–Kier alpha value is -2.74. The standard InChI is InChI=1S/C22H22ClN3O4/c1-11-6-12(2)8-14(7-11)19-18-20(30-25(19)10-17(24)27)22(29)26(21(18)28)15-5-4-13(3)16(23)9-15/h4-9,18-20H,10H2,1-3H3,(H2,24,27). The van der Waals surface area contributed by atoms with E-state index in [9.17, 15) is 14.4 Å². The predicted octanol–water partition coefficient (Wildman–Crippen LogP) is 2.60. The van der Waals surface area contributed by atoms with Crippen molar-refractivity contribution >= 4 is 35.0 Å². The van der Waals surface area contributed by atoms with Crippen molar-refractivity contribution in [3.05, 3.63) is 63.7 Å². The van der Waals surface area contributed by atoms with Crippen LogP contribution in [-0.2, 0) is 19.2 Å². The largest absolute Gasteiger partial charge is 0.368 e. The molecule has 7 nitrogen and oxygen atoms in total. The minimum absolute atomic E-state index is 0.221. The number of anilines is 1. The molecule has 3 unspecified atom stereocenters. The van der Waals surface area contributed by atoms with Crippen molar-refractivity contribution < 1.29 is 19.2 Å². The number of aryl methyl sites for hydroxylation is 3. The number of carbonyl (C=O) groups excluding carboxylic acids is 3. The molecule has 2 saturated heterocycles. The molecule has 2 aromatic rings. The molecule has 0 radical (unpaired) electrons. The maximum atomic E-state index is 13.4. The van der Waals surface area contributed by atoms with Gasteiger partial charge in [-0.05, 0) is 44.0 Å². The highest BCUT2D eigenvalue weighted by Gasteiger charge is 2.60. The second kappa shape index (κ2) is 7.50. The lowest BCUT2D eigenvalue weighted by atomic mass is 9.89. The first kappa shape index (κ1) is 20.5. The van der Waals surface area contributed by atoms with E-state index in [4.69, 9.17) is 22.2 Å². The van der Waals surface area contributed by atoms with Crippen LogP contribution < -0.4 is 10.6 Å². The third-order valence-corrected chi connectivity index (χ3v) is 5.91. The van der Waals surface area contributed by atoms with Gasteiger partial charge in [0.2, 0.25) is 11.8 Å². The van der Waals surface area contributed by atoms with E-state index >= 15 is 0 Å². The van der Waals surface area contributed by atoms with E-state index in [0.29, 0.717) is 10.7 Å². The molecule has 156 valence electrons. The number of imide groups is 1. The molecular formula is C22H22ClN3O4. The highest BCUT2D eigenvalue weighted by atomic mass is 35.5. The summed E-state index contributed by atoms with van der Waals surface area (Å²) in [5.74, 6) is -2.27. The third-order valence-electron chi connectivity index (χ3n) is 5.51. The molecule has 0 saturated carbocycles. The van der Waals surface area contributed by atoms with Crippen LogP contribution in [0.2, 0.25) is 5.02 Å². The molecule has 4 rings (SSSR count). The molecule has 8 heteroatoms. The zero-order valence-electron chi connectivity index (χ0n) is 16.9. The Morgan fingerprint density at radius 2 is 1.73 bits per heavy atom. The van der Waals surface area contributed by atoms with E-state index in [0.717, 1.165) is 27.2 Å². The van der Waals surface area contributed by atoms with Gasteiger partial charge in [0.25, 0.3) is 5.91 Å². The lowest BCUT2D eigenvalue weighted by molar-refractivity contribution is -0.175. The zero-order valence-corrected chi connectivity index (χ0v) is 17.6. The Balaban J connectivity index is 1.77. The Kier molecular flexibility index (Phi) is 5.13. The lowest BCUT2D eigenvalue weighted by Crippen LogP contribution is -2.40. The Morgan fingerprint density at radius 1 is 1.07 bits per heavy atom. The van der Waals surface area contributed by atoms with Crippen LogP contribution in [0.5, 0.6) is 0 Å². The van der Waals surface area contributed by atoms with Crippen molar-refractivity contribution in [2.45, 2.75) is 32.9 Å². The third kappa shape index (κ3) is 3.39. The topological polar surface area (TPSA) is 92.9 Å². The maximum Gasteiger partial charge on any atom is 0.265 e. The first-order chi connectivity index (χ1) is 14.2. The second-order valence-electron chi connectivity index (χ2n) is 7.90. The van der Waals surface area contributed by atoms with Crippen LogP contribution in [0.4, 0.5) is 5.69 Å². The van der Waals surface area contributed by atoms with Gasteiger partial charge in [0.05, 0.1) is 17.6 Å². The fourth-order valence-corrected chi connectivity index (χ4v) is 4.46. The predicted molar refractivity (Wildman–Crippen MR) is 112 cm³/mol. The molecule has 2 heterocycles. The SMILES string of the molecule is Cc1cc(C)cc(C2C3C(=O)N(c4ccc(C)c(Cl)c4)C(=O)C3ON2CC(N)=O)c1. The lowest BCUT2D eigenvalue weighted by Gasteiger charge is -2.26. The van der Waals surface area contributed by atoms with Crippen molar-refractivity contribution in [2.75, 3.05) is 11.4 Å². The van der Waals surface area contributed by atoms with Crippen LogP contribution in [0, 0.1) is 26.7 Å². The van der Waals surface area contributed by atoms with Crippen LogP contribution in [-0.4, -0.2) is 35.4 Å². The van der Waals surface area contributed by atoms with Crippen molar-refractivity contribution in [2.24, 2.45) is 11.7 Å². The number of hydrogen-bond acceptors (Lipinski definition) is 5.